The van der Waals surface area contributed by atoms with E-state index in [0.29, 0.717) is 5.16 Å². The number of aromatic nitrogens is 4. The summed E-state index contributed by atoms with van der Waals surface area (Å²) in [5.74, 6) is 5.51. The number of rotatable bonds is 4. The molecule has 0 saturated carbocycles. The quantitative estimate of drug-likeness (QED) is 0.561. The minimum absolute atomic E-state index is 0.135. The summed E-state index contributed by atoms with van der Waals surface area (Å²) >= 11 is 1.25. The molecular formula is C14H14N6OS. The van der Waals surface area contributed by atoms with Gasteiger partial charge in [-0.25, -0.2) is 4.68 Å². The molecule has 1 aromatic carbocycles. The molecule has 3 aromatic rings. The maximum atomic E-state index is 12.3. The maximum absolute atomic E-state index is 12.3. The second-order valence-corrected chi connectivity index (χ2v) is 5.95. The number of fused-ring (bicyclic) bond motifs is 1. The Hall–Kier alpha value is -2.61. The lowest BCUT2D eigenvalue weighted by molar-refractivity contribution is -0.115. The maximum Gasteiger partial charge on any atom is 0.237 e. The molecule has 0 aliphatic rings. The van der Waals surface area contributed by atoms with Gasteiger partial charge in [-0.15, -0.1) is 10.2 Å². The Labute approximate surface area is 130 Å². The highest BCUT2D eigenvalue weighted by molar-refractivity contribution is 8.00. The predicted octanol–water partition coefficient (Wildman–Crippen LogP) is 1.66. The van der Waals surface area contributed by atoms with E-state index in [4.69, 9.17) is 5.84 Å². The van der Waals surface area contributed by atoms with E-state index in [2.05, 4.69) is 20.5 Å². The van der Waals surface area contributed by atoms with Crippen LogP contribution in [0, 0.1) is 0 Å². The van der Waals surface area contributed by atoms with Crippen LogP contribution in [0.3, 0.4) is 0 Å². The number of carbonyl (C=O) groups excluding carboxylic acids is 1. The number of thioether (sulfide) groups is 1. The van der Waals surface area contributed by atoms with Crippen molar-refractivity contribution in [2.45, 2.75) is 17.3 Å². The number of carbonyl (C=O) groups is 1. The first-order valence-corrected chi connectivity index (χ1v) is 7.49. The number of anilines is 1. The molecule has 0 spiro atoms. The molecule has 0 saturated heterocycles. The molecule has 3 rings (SSSR count). The monoisotopic (exact) mass is 314 g/mol. The van der Waals surface area contributed by atoms with Crippen molar-refractivity contribution in [2.24, 2.45) is 0 Å². The summed E-state index contributed by atoms with van der Waals surface area (Å²) in [7, 11) is 0. The van der Waals surface area contributed by atoms with E-state index in [9.17, 15) is 4.79 Å². The van der Waals surface area contributed by atoms with Crippen molar-refractivity contribution in [3.8, 4) is 0 Å². The van der Waals surface area contributed by atoms with Crippen molar-refractivity contribution in [2.75, 3.05) is 11.2 Å². The lowest BCUT2D eigenvalue weighted by Gasteiger charge is -2.12. The lowest BCUT2D eigenvalue weighted by atomic mass is 10.2. The molecule has 2 heterocycles. The number of amides is 1. The van der Waals surface area contributed by atoms with Crippen LogP contribution in [0.2, 0.25) is 0 Å². The van der Waals surface area contributed by atoms with Crippen LogP contribution in [0.25, 0.3) is 10.9 Å². The molecule has 0 aliphatic heterocycles. The number of nitrogen functional groups attached to an aromatic ring is 1. The fourth-order valence-electron chi connectivity index (χ4n) is 1.97. The van der Waals surface area contributed by atoms with Crippen molar-refractivity contribution in [1.29, 1.82) is 0 Å². The standard InChI is InChI=1S/C14H14N6OS/c1-9(22-14-19-17-8-20(14)15)13(21)18-12-6-2-5-11-10(12)4-3-7-16-11/h2-9H,15H2,1H3,(H,18,21). The zero-order valence-electron chi connectivity index (χ0n) is 11.8. The summed E-state index contributed by atoms with van der Waals surface area (Å²) in [6.07, 6.45) is 3.11. The third-order valence-corrected chi connectivity index (χ3v) is 4.17. The summed E-state index contributed by atoms with van der Waals surface area (Å²) in [5, 5.41) is 11.5. The molecule has 3 N–H and O–H groups in total. The fraction of sp³-hybridized carbons (Fsp3) is 0.143. The number of hydrogen-bond donors (Lipinski definition) is 2. The van der Waals surface area contributed by atoms with E-state index in [0.717, 1.165) is 16.6 Å². The summed E-state index contributed by atoms with van der Waals surface area (Å²) < 4.78 is 1.29. The Balaban J connectivity index is 1.77. The van der Waals surface area contributed by atoms with Crippen LogP contribution in [0.5, 0.6) is 0 Å². The van der Waals surface area contributed by atoms with E-state index < -0.39 is 0 Å². The minimum atomic E-state index is -0.363. The van der Waals surface area contributed by atoms with Crippen LogP contribution < -0.4 is 11.2 Å². The first-order chi connectivity index (χ1) is 10.6. The Morgan fingerprint density at radius 1 is 1.36 bits per heavy atom. The second-order valence-electron chi connectivity index (χ2n) is 4.65. The highest BCUT2D eigenvalue weighted by Crippen LogP contribution is 2.24. The Bertz CT molecular complexity index is 812. The highest BCUT2D eigenvalue weighted by atomic mass is 32.2. The van der Waals surface area contributed by atoms with E-state index >= 15 is 0 Å². The number of benzene rings is 1. The normalized spacial score (nSPS) is 12.2. The molecule has 112 valence electrons. The highest BCUT2D eigenvalue weighted by Gasteiger charge is 2.18. The van der Waals surface area contributed by atoms with Crippen molar-refractivity contribution < 1.29 is 4.79 Å². The SMILES string of the molecule is CC(Sc1nncn1N)C(=O)Nc1cccc2ncccc12. The third-order valence-electron chi connectivity index (χ3n) is 3.10. The molecule has 0 aliphatic carbocycles. The Kier molecular flexibility index (Phi) is 3.92. The smallest absolute Gasteiger partial charge is 0.237 e. The van der Waals surface area contributed by atoms with Gasteiger partial charge in [0.1, 0.15) is 6.33 Å². The zero-order chi connectivity index (χ0) is 15.5. The fourth-order valence-corrected chi connectivity index (χ4v) is 2.72. The van der Waals surface area contributed by atoms with Crippen LogP contribution in [0.1, 0.15) is 6.92 Å². The first-order valence-electron chi connectivity index (χ1n) is 6.61. The average molecular weight is 314 g/mol. The van der Waals surface area contributed by atoms with E-state index in [-0.39, 0.29) is 11.2 Å². The molecule has 7 nitrogen and oxygen atoms in total. The van der Waals surface area contributed by atoms with Crippen molar-refractivity contribution in [1.82, 2.24) is 19.9 Å². The van der Waals surface area contributed by atoms with Crippen LogP contribution in [-0.4, -0.2) is 31.0 Å². The van der Waals surface area contributed by atoms with Crippen molar-refractivity contribution >= 4 is 34.3 Å². The van der Waals surface area contributed by atoms with Crippen molar-refractivity contribution in [3.05, 3.63) is 42.9 Å². The number of nitrogens with one attached hydrogen (secondary N) is 1. The largest absolute Gasteiger partial charge is 0.336 e. The van der Waals surface area contributed by atoms with E-state index in [1.807, 2.05) is 30.3 Å². The van der Waals surface area contributed by atoms with Gasteiger partial charge in [-0.2, -0.15) is 0 Å². The minimum Gasteiger partial charge on any atom is -0.336 e. The van der Waals surface area contributed by atoms with Gasteiger partial charge >= 0.3 is 0 Å². The van der Waals surface area contributed by atoms with Gasteiger partial charge in [-0.3, -0.25) is 9.78 Å². The number of nitrogens with zero attached hydrogens (tertiary/aromatic N) is 4. The number of pyridine rings is 1. The second kappa shape index (κ2) is 6.02. The van der Waals surface area contributed by atoms with Gasteiger partial charge in [0.05, 0.1) is 16.5 Å². The van der Waals surface area contributed by atoms with E-state index in [1.54, 1.807) is 13.1 Å². The van der Waals surface area contributed by atoms with Crippen LogP contribution in [-0.2, 0) is 4.79 Å². The summed E-state index contributed by atoms with van der Waals surface area (Å²) in [4.78, 5) is 16.6. The molecular weight excluding hydrogens is 300 g/mol. The zero-order valence-corrected chi connectivity index (χ0v) is 12.6. The van der Waals surface area contributed by atoms with Gasteiger partial charge in [0.25, 0.3) is 0 Å². The molecule has 0 fully saturated rings. The number of nitrogens with two attached hydrogens (primary N) is 1. The third kappa shape index (κ3) is 2.86. The topological polar surface area (TPSA) is 98.7 Å². The summed E-state index contributed by atoms with van der Waals surface area (Å²) in [5.41, 5.74) is 1.57. The van der Waals surface area contributed by atoms with Gasteiger partial charge in [0, 0.05) is 11.6 Å². The van der Waals surface area contributed by atoms with Gasteiger partial charge in [-0.1, -0.05) is 17.8 Å². The van der Waals surface area contributed by atoms with Crippen LogP contribution in [0.15, 0.2) is 48.0 Å². The van der Waals surface area contributed by atoms with Gasteiger partial charge in [0.2, 0.25) is 11.1 Å². The van der Waals surface area contributed by atoms with Crippen LogP contribution in [0.4, 0.5) is 5.69 Å². The van der Waals surface area contributed by atoms with Gasteiger partial charge in [-0.05, 0) is 31.2 Å². The molecule has 8 heteroatoms. The molecule has 1 amide bonds. The molecule has 2 aromatic heterocycles. The molecule has 0 radical (unpaired) electrons. The Morgan fingerprint density at radius 2 is 2.23 bits per heavy atom. The number of hydrogen-bond acceptors (Lipinski definition) is 6. The lowest BCUT2D eigenvalue weighted by Crippen LogP contribution is -2.23. The molecule has 1 unspecified atom stereocenters. The van der Waals surface area contributed by atoms with Crippen LogP contribution >= 0.6 is 11.8 Å². The summed E-state index contributed by atoms with van der Waals surface area (Å²) in [6.45, 7) is 1.79. The van der Waals surface area contributed by atoms with Crippen molar-refractivity contribution in [3.63, 3.8) is 0 Å². The predicted molar refractivity (Wildman–Crippen MR) is 85.9 cm³/mol. The van der Waals surface area contributed by atoms with Gasteiger partial charge < -0.3 is 11.2 Å². The molecule has 1 atom stereocenters. The molecule has 22 heavy (non-hydrogen) atoms. The summed E-state index contributed by atoms with van der Waals surface area (Å²) in [6, 6.07) is 9.38. The first kappa shape index (κ1) is 14.3. The average Bonchev–Trinajstić information content (AvgIpc) is 2.93. The van der Waals surface area contributed by atoms with E-state index in [1.165, 1.54) is 22.8 Å². The Morgan fingerprint density at radius 3 is 3.00 bits per heavy atom. The van der Waals surface area contributed by atoms with Gasteiger partial charge in [0.15, 0.2) is 0 Å². The molecule has 0 bridgehead atoms.